The zero-order valence-electron chi connectivity index (χ0n) is 7.90. The van der Waals surface area contributed by atoms with Gasteiger partial charge in [0.15, 0.2) is 0 Å². The van der Waals surface area contributed by atoms with Crippen molar-refractivity contribution in [1.82, 2.24) is 15.3 Å². The van der Waals surface area contributed by atoms with Gasteiger partial charge in [0.2, 0.25) is 0 Å². The van der Waals surface area contributed by atoms with Crippen LogP contribution in [0, 0.1) is 6.92 Å². The number of carbonyl (C=O) groups excluding carboxylic acids is 1. The molecule has 0 spiro atoms. The second-order valence-electron chi connectivity index (χ2n) is 3.50. The van der Waals surface area contributed by atoms with Crippen molar-refractivity contribution >= 4 is 5.91 Å². The summed E-state index contributed by atoms with van der Waals surface area (Å²) in [5, 5.41) is 2.82. The number of rotatable bonds is 2. The fourth-order valence-corrected chi connectivity index (χ4v) is 1.24. The van der Waals surface area contributed by atoms with Crippen molar-refractivity contribution in [3.05, 3.63) is 23.8 Å². The number of amides is 1. The van der Waals surface area contributed by atoms with Gasteiger partial charge in [-0.3, -0.25) is 4.79 Å². The van der Waals surface area contributed by atoms with Crippen molar-refractivity contribution in [2.45, 2.75) is 25.4 Å². The standard InChI is InChI=1S/C9H12N4O/c1-5-6(3-11-4-12-5)9(14)13-8-2-7(8)10/h3-4,7-8H,2,10H2,1H3,(H,13,14). The molecule has 0 aliphatic heterocycles. The van der Waals surface area contributed by atoms with Crippen LogP contribution in [0.25, 0.3) is 0 Å². The van der Waals surface area contributed by atoms with E-state index < -0.39 is 0 Å². The Kier molecular flexibility index (Phi) is 2.17. The first kappa shape index (κ1) is 9.08. The Morgan fingerprint density at radius 3 is 3.00 bits per heavy atom. The molecule has 0 saturated heterocycles. The van der Waals surface area contributed by atoms with Gasteiger partial charge in [0.1, 0.15) is 6.33 Å². The number of carbonyl (C=O) groups is 1. The molecule has 2 unspecified atom stereocenters. The largest absolute Gasteiger partial charge is 0.348 e. The SMILES string of the molecule is Cc1ncncc1C(=O)NC1CC1N. The van der Waals surface area contributed by atoms with Gasteiger partial charge in [0.05, 0.1) is 11.3 Å². The number of nitrogens with two attached hydrogens (primary N) is 1. The van der Waals surface area contributed by atoms with Crippen LogP contribution in [0.15, 0.2) is 12.5 Å². The smallest absolute Gasteiger partial charge is 0.254 e. The zero-order chi connectivity index (χ0) is 10.1. The third kappa shape index (κ3) is 1.72. The minimum atomic E-state index is -0.138. The van der Waals surface area contributed by atoms with E-state index in [1.807, 2.05) is 0 Å². The molecule has 1 aliphatic rings. The van der Waals surface area contributed by atoms with Crippen LogP contribution in [0.2, 0.25) is 0 Å². The third-order valence-corrected chi connectivity index (χ3v) is 2.31. The first-order valence-corrected chi connectivity index (χ1v) is 4.51. The summed E-state index contributed by atoms with van der Waals surface area (Å²) >= 11 is 0. The maximum atomic E-state index is 11.6. The lowest BCUT2D eigenvalue weighted by molar-refractivity contribution is 0.0949. The van der Waals surface area contributed by atoms with Crippen LogP contribution < -0.4 is 11.1 Å². The van der Waals surface area contributed by atoms with Crippen LogP contribution in [-0.4, -0.2) is 28.0 Å². The van der Waals surface area contributed by atoms with Gasteiger partial charge in [-0.25, -0.2) is 9.97 Å². The lowest BCUT2D eigenvalue weighted by Crippen LogP contribution is -2.30. The first-order valence-electron chi connectivity index (χ1n) is 4.51. The zero-order valence-corrected chi connectivity index (χ0v) is 7.90. The van der Waals surface area contributed by atoms with Crippen molar-refractivity contribution in [3.63, 3.8) is 0 Å². The van der Waals surface area contributed by atoms with Crippen molar-refractivity contribution in [3.8, 4) is 0 Å². The summed E-state index contributed by atoms with van der Waals surface area (Å²) in [4.78, 5) is 19.4. The molecule has 1 aliphatic carbocycles. The summed E-state index contributed by atoms with van der Waals surface area (Å²) in [7, 11) is 0. The average molecular weight is 192 g/mol. The van der Waals surface area contributed by atoms with Gasteiger partial charge in [-0.1, -0.05) is 0 Å². The quantitative estimate of drug-likeness (QED) is 0.669. The lowest BCUT2D eigenvalue weighted by Gasteiger charge is -2.04. The van der Waals surface area contributed by atoms with Crippen LogP contribution in [-0.2, 0) is 0 Å². The Hall–Kier alpha value is -1.49. The number of hydrogen-bond acceptors (Lipinski definition) is 4. The monoisotopic (exact) mass is 192 g/mol. The van der Waals surface area contributed by atoms with E-state index in [0.717, 1.165) is 6.42 Å². The summed E-state index contributed by atoms with van der Waals surface area (Å²) < 4.78 is 0. The highest BCUT2D eigenvalue weighted by atomic mass is 16.1. The molecular weight excluding hydrogens is 180 g/mol. The molecule has 1 amide bonds. The molecule has 2 rings (SSSR count). The number of aromatic nitrogens is 2. The van der Waals surface area contributed by atoms with E-state index in [9.17, 15) is 4.79 Å². The molecule has 1 aromatic rings. The molecule has 0 radical (unpaired) electrons. The summed E-state index contributed by atoms with van der Waals surface area (Å²) in [5.41, 5.74) is 6.79. The maximum Gasteiger partial charge on any atom is 0.254 e. The van der Waals surface area contributed by atoms with Crippen molar-refractivity contribution in [1.29, 1.82) is 0 Å². The van der Waals surface area contributed by atoms with Crippen LogP contribution in [0.1, 0.15) is 22.5 Å². The summed E-state index contributed by atoms with van der Waals surface area (Å²) in [5.74, 6) is -0.138. The number of hydrogen-bond donors (Lipinski definition) is 2. The molecule has 0 bridgehead atoms. The lowest BCUT2D eigenvalue weighted by atomic mass is 10.2. The molecule has 3 N–H and O–H groups in total. The van der Waals surface area contributed by atoms with Crippen LogP contribution >= 0.6 is 0 Å². The Morgan fingerprint density at radius 1 is 1.71 bits per heavy atom. The predicted octanol–water partition coefficient (Wildman–Crippen LogP) is -0.386. The van der Waals surface area contributed by atoms with Crippen molar-refractivity contribution < 1.29 is 4.79 Å². The highest BCUT2D eigenvalue weighted by molar-refractivity contribution is 5.95. The second-order valence-corrected chi connectivity index (χ2v) is 3.50. The topological polar surface area (TPSA) is 80.9 Å². The van der Waals surface area contributed by atoms with E-state index in [2.05, 4.69) is 15.3 Å². The molecule has 14 heavy (non-hydrogen) atoms. The van der Waals surface area contributed by atoms with E-state index in [1.165, 1.54) is 12.5 Å². The molecule has 2 atom stereocenters. The number of aryl methyl sites for hydroxylation is 1. The van der Waals surface area contributed by atoms with Gasteiger partial charge in [-0.05, 0) is 13.3 Å². The van der Waals surface area contributed by atoms with E-state index in [0.29, 0.717) is 11.3 Å². The Balaban J connectivity index is 2.07. The Labute approximate surface area is 81.7 Å². The average Bonchev–Trinajstić information content (AvgIpc) is 2.82. The third-order valence-electron chi connectivity index (χ3n) is 2.31. The number of nitrogens with one attached hydrogen (secondary N) is 1. The molecule has 0 aromatic carbocycles. The first-order chi connectivity index (χ1) is 6.68. The van der Waals surface area contributed by atoms with Gasteiger partial charge in [-0.15, -0.1) is 0 Å². The minimum absolute atomic E-state index is 0.115. The highest BCUT2D eigenvalue weighted by Gasteiger charge is 2.35. The van der Waals surface area contributed by atoms with Crippen LogP contribution in [0.4, 0.5) is 0 Å². The van der Waals surface area contributed by atoms with Gasteiger partial charge in [0, 0.05) is 18.3 Å². The molecule has 1 heterocycles. The van der Waals surface area contributed by atoms with Gasteiger partial charge in [0.25, 0.3) is 5.91 Å². The normalized spacial score (nSPS) is 24.4. The predicted molar refractivity (Wildman–Crippen MR) is 50.6 cm³/mol. The van der Waals surface area contributed by atoms with E-state index in [4.69, 9.17) is 5.73 Å². The van der Waals surface area contributed by atoms with Crippen LogP contribution in [0.5, 0.6) is 0 Å². The van der Waals surface area contributed by atoms with Crippen LogP contribution in [0.3, 0.4) is 0 Å². The van der Waals surface area contributed by atoms with E-state index in [-0.39, 0.29) is 18.0 Å². The van der Waals surface area contributed by atoms with Gasteiger partial charge >= 0.3 is 0 Å². The molecule has 1 saturated carbocycles. The maximum absolute atomic E-state index is 11.6. The molecular formula is C9H12N4O. The fourth-order valence-electron chi connectivity index (χ4n) is 1.24. The van der Waals surface area contributed by atoms with Gasteiger partial charge < -0.3 is 11.1 Å². The van der Waals surface area contributed by atoms with Crippen molar-refractivity contribution in [2.75, 3.05) is 0 Å². The Morgan fingerprint density at radius 2 is 2.43 bits per heavy atom. The highest BCUT2D eigenvalue weighted by Crippen LogP contribution is 2.18. The molecule has 74 valence electrons. The molecule has 5 heteroatoms. The summed E-state index contributed by atoms with van der Waals surface area (Å²) in [6, 6.07) is 0.242. The molecule has 5 nitrogen and oxygen atoms in total. The summed E-state index contributed by atoms with van der Waals surface area (Å²) in [6.07, 6.45) is 3.80. The second kappa shape index (κ2) is 3.34. The Bertz CT molecular complexity index is 366. The van der Waals surface area contributed by atoms with Crippen molar-refractivity contribution in [2.24, 2.45) is 5.73 Å². The fraction of sp³-hybridized carbons (Fsp3) is 0.444. The number of nitrogens with zero attached hydrogens (tertiary/aromatic N) is 2. The molecule has 1 fully saturated rings. The minimum Gasteiger partial charge on any atom is -0.348 e. The molecule has 1 aromatic heterocycles. The van der Waals surface area contributed by atoms with Gasteiger partial charge in [-0.2, -0.15) is 0 Å². The van der Waals surface area contributed by atoms with E-state index in [1.54, 1.807) is 6.92 Å². The summed E-state index contributed by atoms with van der Waals surface area (Å²) in [6.45, 7) is 1.78. The van der Waals surface area contributed by atoms with E-state index >= 15 is 0 Å².